The summed E-state index contributed by atoms with van der Waals surface area (Å²) >= 11 is 5.85. The average Bonchev–Trinajstić information content (AvgIpc) is 2.93. The maximum absolute atomic E-state index is 13.4. The first kappa shape index (κ1) is 30.1. The summed E-state index contributed by atoms with van der Waals surface area (Å²) in [6.07, 6.45) is 4.58. The molecule has 0 atom stereocenters. The Bertz CT molecular complexity index is 1370. The monoisotopic (exact) mass is 569 g/mol. The molecule has 2 aromatic carbocycles. The normalized spacial score (nSPS) is 10.8. The van der Waals surface area contributed by atoms with Gasteiger partial charge in [-0.15, -0.1) is 0 Å². The van der Waals surface area contributed by atoms with Gasteiger partial charge >= 0.3 is 0 Å². The number of benzene rings is 2. The first-order valence-electron chi connectivity index (χ1n) is 12.1. The van der Waals surface area contributed by atoms with E-state index in [2.05, 4.69) is 35.9 Å². The number of aromatic nitrogens is 2. The number of hydrogen-bond donors (Lipinski definition) is 3. The Morgan fingerprint density at radius 1 is 1.15 bits per heavy atom. The van der Waals surface area contributed by atoms with Crippen molar-refractivity contribution in [2.24, 2.45) is 5.11 Å². The summed E-state index contributed by atoms with van der Waals surface area (Å²) < 4.78 is 24.3. The van der Waals surface area contributed by atoms with Gasteiger partial charge in [0.1, 0.15) is 29.5 Å². The highest BCUT2D eigenvalue weighted by atomic mass is 35.5. The van der Waals surface area contributed by atoms with Gasteiger partial charge in [0.15, 0.2) is 0 Å². The fourth-order valence-corrected chi connectivity index (χ4v) is 3.51. The van der Waals surface area contributed by atoms with E-state index in [1.54, 1.807) is 36.4 Å². The highest BCUT2D eigenvalue weighted by molar-refractivity contribution is 6.31. The van der Waals surface area contributed by atoms with Crippen molar-refractivity contribution in [3.63, 3.8) is 0 Å². The number of carbonyl (C=O) groups excluding carboxylic acids is 1. The number of anilines is 5. The molecule has 1 aromatic heterocycles. The molecule has 3 aromatic rings. The van der Waals surface area contributed by atoms with Gasteiger partial charge in [-0.1, -0.05) is 22.8 Å². The van der Waals surface area contributed by atoms with Crippen molar-refractivity contribution in [3.05, 3.63) is 82.2 Å². The van der Waals surface area contributed by atoms with E-state index in [1.807, 2.05) is 11.9 Å². The van der Waals surface area contributed by atoms with E-state index in [-0.39, 0.29) is 10.9 Å². The Morgan fingerprint density at radius 2 is 1.93 bits per heavy atom. The molecule has 3 rings (SSSR count). The topological polar surface area (TPSA) is 149 Å². The summed E-state index contributed by atoms with van der Waals surface area (Å²) in [4.78, 5) is 25.5. The number of amides is 1. The molecule has 0 bridgehead atoms. The zero-order chi connectivity index (χ0) is 28.7. The Balaban J connectivity index is 1.56. The Kier molecular flexibility index (Phi) is 11.9. The van der Waals surface area contributed by atoms with Gasteiger partial charge in [0.2, 0.25) is 5.91 Å². The van der Waals surface area contributed by atoms with Crippen molar-refractivity contribution in [2.75, 3.05) is 63.0 Å². The smallest absolute Gasteiger partial charge is 0.248 e. The van der Waals surface area contributed by atoms with Gasteiger partial charge in [0.05, 0.1) is 31.0 Å². The van der Waals surface area contributed by atoms with E-state index in [0.717, 1.165) is 0 Å². The largest absolute Gasteiger partial charge is 0.495 e. The molecule has 0 aliphatic carbocycles. The van der Waals surface area contributed by atoms with Crippen molar-refractivity contribution in [2.45, 2.75) is 0 Å². The second-order valence-corrected chi connectivity index (χ2v) is 8.71. The van der Waals surface area contributed by atoms with Crippen LogP contribution in [0.3, 0.4) is 0 Å². The zero-order valence-electron chi connectivity index (χ0n) is 22.0. The number of nitrogens with one attached hydrogen (secondary N) is 3. The molecule has 0 radical (unpaired) electrons. The molecule has 210 valence electrons. The van der Waals surface area contributed by atoms with Gasteiger partial charge in [-0.25, -0.2) is 14.4 Å². The van der Waals surface area contributed by atoms with Crippen LogP contribution in [0.5, 0.6) is 5.75 Å². The third-order valence-electron chi connectivity index (χ3n) is 5.29. The molecular formula is C26H29ClFN9O3. The predicted octanol–water partition coefficient (Wildman–Crippen LogP) is 5.52. The molecule has 0 saturated carbocycles. The van der Waals surface area contributed by atoms with Crippen molar-refractivity contribution in [1.29, 1.82) is 0 Å². The van der Waals surface area contributed by atoms with Crippen LogP contribution in [0, 0.1) is 5.82 Å². The summed E-state index contributed by atoms with van der Waals surface area (Å²) in [6, 6.07) is 11.1. The first-order valence-corrected chi connectivity index (χ1v) is 12.5. The molecule has 1 heterocycles. The second kappa shape index (κ2) is 15.9. The Morgan fingerprint density at radius 3 is 2.67 bits per heavy atom. The van der Waals surface area contributed by atoms with Gasteiger partial charge in [0, 0.05) is 48.1 Å². The lowest BCUT2D eigenvalue weighted by Gasteiger charge is -2.14. The number of rotatable bonds is 15. The molecule has 40 heavy (non-hydrogen) atoms. The van der Waals surface area contributed by atoms with Crippen LogP contribution in [-0.2, 0) is 9.53 Å². The van der Waals surface area contributed by atoms with E-state index in [0.29, 0.717) is 67.3 Å². The minimum Gasteiger partial charge on any atom is -0.495 e. The number of azide groups is 1. The van der Waals surface area contributed by atoms with E-state index in [4.69, 9.17) is 26.6 Å². The summed E-state index contributed by atoms with van der Waals surface area (Å²) in [7, 11) is 3.44. The maximum Gasteiger partial charge on any atom is 0.248 e. The number of hydrogen-bond acceptors (Lipinski definition) is 9. The van der Waals surface area contributed by atoms with E-state index in [9.17, 15) is 9.18 Å². The van der Waals surface area contributed by atoms with Crippen LogP contribution in [0.25, 0.3) is 10.4 Å². The van der Waals surface area contributed by atoms with Crippen LogP contribution in [0.1, 0.15) is 0 Å². The Labute approximate surface area is 235 Å². The minimum absolute atomic E-state index is 0.00662. The van der Waals surface area contributed by atoms with Crippen LogP contribution in [0.2, 0.25) is 5.02 Å². The molecule has 0 fully saturated rings. The lowest BCUT2D eigenvalue weighted by Crippen LogP contribution is -2.24. The quantitative estimate of drug-likeness (QED) is 0.0712. The number of nitrogens with zero attached hydrogens (tertiary/aromatic N) is 6. The highest BCUT2D eigenvalue weighted by Crippen LogP contribution is 2.31. The molecule has 14 heteroatoms. The predicted molar refractivity (Wildman–Crippen MR) is 153 cm³/mol. The Hall–Kier alpha value is -4.42. The van der Waals surface area contributed by atoms with Crippen LogP contribution < -0.4 is 20.7 Å². The molecule has 0 saturated heterocycles. The minimum atomic E-state index is -0.513. The average molecular weight is 570 g/mol. The fraction of sp³-hybridized carbons (Fsp3) is 0.269. The molecular weight excluding hydrogens is 541 g/mol. The summed E-state index contributed by atoms with van der Waals surface area (Å²) in [6.45, 7) is 2.37. The zero-order valence-corrected chi connectivity index (χ0v) is 22.7. The van der Waals surface area contributed by atoms with Gasteiger partial charge in [-0.05, 0) is 49.0 Å². The van der Waals surface area contributed by atoms with E-state index in [1.165, 1.54) is 31.6 Å². The number of likely N-dealkylation sites (N-methyl/N-ethyl adjacent to an activating group) is 1. The molecule has 0 aliphatic heterocycles. The van der Waals surface area contributed by atoms with Crippen LogP contribution in [-0.4, -0.2) is 67.8 Å². The summed E-state index contributed by atoms with van der Waals surface area (Å²) in [5, 5.41) is 12.4. The molecule has 3 N–H and O–H groups in total. The second-order valence-electron chi connectivity index (χ2n) is 8.30. The van der Waals surface area contributed by atoms with Crippen molar-refractivity contribution < 1.29 is 18.7 Å². The molecule has 1 amide bonds. The molecule has 0 unspecified atom stereocenters. The molecule has 0 spiro atoms. The van der Waals surface area contributed by atoms with Crippen LogP contribution in [0.4, 0.5) is 33.1 Å². The van der Waals surface area contributed by atoms with Gasteiger partial charge < -0.3 is 30.3 Å². The number of carbonyl (C=O) groups is 1. The fourth-order valence-electron chi connectivity index (χ4n) is 3.32. The van der Waals surface area contributed by atoms with Gasteiger partial charge in [-0.3, -0.25) is 4.79 Å². The van der Waals surface area contributed by atoms with Crippen molar-refractivity contribution in [1.82, 2.24) is 14.9 Å². The summed E-state index contributed by atoms with van der Waals surface area (Å²) in [5.41, 5.74) is 9.91. The molecule has 0 aliphatic rings. The third kappa shape index (κ3) is 10.0. The van der Waals surface area contributed by atoms with E-state index >= 15 is 0 Å². The number of ether oxygens (including phenoxy) is 2. The standard InChI is InChI=1S/C26H29ClFN9O3/c1-37(11-13-40-12-9-32-36-29)10-3-4-26(38)34-19-6-8-23(39-2)22(15-19)35-25-16-24(30-17-31-25)33-18-5-7-21(28)20(27)14-18/h3-8,14-17H,9-13H2,1-2H3,(H,34,38)(H2,30,31,33,35)/b4-3+. The number of halogens is 2. The van der Waals surface area contributed by atoms with Crippen LogP contribution in [0.15, 0.2) is 66.1 Å². The summed E-state index contributed by atoms with van der Waals surface area (Å²) in [5.74, 6) is 0.647. The van der Waals surface area contributed by atoms with Gasteiger partial charge in [0.25, 0.3) is 0 Å². The highest BCUT2D eigenvalue weighted by Gasteiger charge is 2.09. The van der Waals surface area contributed by atoms with Gasteiger partial charge in [-0.2, -0.15) is 0 Å². The maximum atomic E-state index is 13.4. The lowest BCUT2D eigenvalue weighted by atomic mass is 10.2. The van der Waals surface area contributed by atoms with Crippen LogP contribution >= 0.6 is 11.6 Å². The van der Waals surface area contributed by atoms with E-state index < -0.39 is 5.82 Å². The van der Waals surface area contributed by atoms with Crippen molar-refractivity contribution in [3.8, 4) is 5.75 Å². The SMILES string of the molecule is COc1ccc(NC(=O)/C=C/CN(C)CCOCCN=[N+]=[N-])cc1Nc1cc(Nc2ccc(F)c(Cl)c2)ncn1. The third-order valence-corrected chi connectivity index (χ3v) is 5.58. The lowest BCUT2D eigenvalue weighted by molar-refractivity contribution is -0.111. The first-order chi connectivity index (χ1) is 19.4. The molecule has 12 nitrogen and oxygen atoms in total. The number of methoxy groups -OCH3 is 1. The van der Waals surface area contributed by atoms with Crippen molar-refractivity contribution >= 4 is 46.2 Å².